The van der Waals surface area contributed by atoms with Gasteiger partial charge in [0.2, 0.25) is 0 Å². The smallest absolute Gasteiger partial charge is 0.300 e. The highest BCUT2D eigenvalue weighted by Gasteiger charge is 2.11. The molecule has 0 saturated heterocycles. The summed E-state index contributed by atoms with van der Waals surface area (Å²) in [6.07, 6.45) is 3.78. The van der Waals surface area contributed by atoms with Gasteiger partial charge in [-0.1, -0.05) is 11.3 Å². The first-order valence-corrected chi connectivity index (χ1v) is 9.41. The van der Waals surface area contributed by atoms with Crippen molar-refractivity contribution in [2.45, 2.75) is 11.4 Å². The molecule has 2 heterocycles. The standard InChI is InChI=1S/C16H18N4O2S2/c1-19-7-6-12(18-19)15(21)17-16-20(8-9-22-2)13-5-4-11(23-3)10-14(13)24-16/h4-7,10H,8-9H2,1-3H3. The van der Waals surface area contributed by atoms with Crippen LogP contribution in [-0.4, -0.2) is 40.2 Å². The SMILES string of the molecule is COCCn1c(=NC(=O)c2ccn(C)n2)sc2cc(SC)ccc21. The molecule has 0 bridgehead atoms. The van der Waals surface area contributed by atoms with Gasteiger partial charge in [-0.2, -0.15) is 10.1 Å². The van der Waals surface area contributed by atoms with Crippen molar-refractivity contribution in [3.63, 3.8) is 0 Å². The first-order chi connectivity index (χ1) is 11.6. The zero-order valence-corrected chi connectivity index (χ0v) is 15.4. The highest BCUT2D eigenvalue weighted by molar-refractivity contribution is 7.98. The molecular formula is C16H18N4O2S2. The molecule has 0 radical (unpaired) electrons. The van der Waals surface area contributed by atoms with Gasteiger partial charge in [0, 0.05) is 31.8 Å². The summed E-state index contributed by atoms with van der Waals surface area (Å²) >= 11 is 3.20. The van der Waals surface area contributed by atoms with Crippen molar-refractivity contribution >= 4 is 39.2 Å². The second kappa shape index (κ2) is 7.33. The van der Waals surface area contributed by atoms with E-state index in [-0.39, 0.29) is 5.91 Å². The van der Waals surface area contributed by atoms with Crippen molar-refractivity contribution in [1.82, 2.24) is 14.3 Å². The maximum absolute atomic E-state index is 12.4. The van der Waals surface area contributed by atoms with Gasteiger partial charge >= 0.3 is 0 Å². The van der Waals surface area contributed by atoms with Crippen molar-refractivity contribution in [3.05, 3.63) is 41.0 Å². The molecule has 0 aliphatic rings. The summed E-state index contributed by atoms with van der Waals surface area (Å²) in [5.41, 5.74) is 1.40. The van der Waals surface area contributed by atoms with E-state index in [2.05, 4.69) is 28.3 Å². The second-order valence-electron chi connectivity index (χ2n) is 5.15. The highest BCUT2D eigenvalue weighted by Crippen LogP contribution is 2.24. The fourth-order valence-corrected chi connectivity index (χ4v) is 3.95. The predicted octanol–water partition coefficient (Wildman–Crippen LogP) is 2.55. The number of carbonyl (C=O) groups excluding carboxylic acids is 1. The summed E-state index contributed by atoms with van der Waals surface area (Å²) in [6, 6.07) is 7.94. The number of rotatable bonds is 5. The molecule has 0 fully saturated rings. The van der Waals surface area contributed by atoms with Gasteiger partial charge in [-0.05, 0) is 30.5 Å². The minimum atomic E-state index is -0.335. The van der Waals surface area contributed by atoms with Gasteiger partial charge in [0.05, 0.1) is 16.8 Å². The van der Waals surface area contributed by atoms with Crippen LogP contribution in [0.1, 0.15) is 10.5 Å². The number of ether oxygens (including phenoxy) is 1. The lowest BCUT2D eigenvalue weighted by Gasteiger charge is -2.04. The monoisotopic (exact) mass is 362 g/mol. The molecule has 3 rings (SSSR count). The number of methoxy groups -OCH3 is 1. The van der Waals surface area contributed by atoms with Crippen LogP contribution < -0.4 is 4.80 Å². The molecule has 0 N–H and O–H groups in total. The highest BCUT2D eigenvalue weighted by atomic mass is 32.2. The zero-order chi connectivity index (χ0) is 17.1. The molecular weight excluding hydrogens is 344 g/mol. The molecule has 6 nitrogen and oxygen atoms in total. The maximum atomic E-state index is 12.4. The predicted molar refractivity (Wildman–Crippen MR) is 96.6 cm³/mol. The Hall–Kier alpha value is -1.90. The van der Waals surface area contributed by atoms with Gasteiger partial charge < -0.3 is 9.30 Å². The summed E-state index contributed by atoms with van der Waals surface area (Å²) in [5.74, 6) is -0.335. The van der Waals surface area contributed by atoms with Crippen LogP contribution in [-0.2, 0) is 18.3 Å². The van der Waals surface area contributed by atoms with E-state index in [4.69, 9.17) is 4.74 Å². The largest absolute Gasteiger partial charge is 0.383 e. The lowest BCUT2D eigenvalue weighted by Crippen LogP contribution is -2.19. The number of carbonyl (C=O) groups is 1. The molecule has 1 aromatic carbocycles. The first kappa shape index (κ1) is 16.9. The fraction of sp³-hybridized carbons (Fsp3) is 0.312. The van der Waals surface area contributed by atoms with Gasteiger partial charge in [-0.3, -0.25) is 9.48 Å². The van der Waals surface area contributed by atoms with E-state index in [0.29, 0.717) is 23.6 Å². The number of benzene rings is 1. The lowest BCUT2D eigenvalue weighted by atomic mass is 10.3. The van der Waals surface area contributed by atoms with E-state index in [1.807, 2.05) is 10.8 Å². The Morgan fingerprint density at radius 2 is 2.25 bits per heavy atom. The lowest BCUT2D eigenvalue weighted by molar-refractivity contribution is 0.0992. The molecule has 2 aromatic heterocycles. The summed E-state index contributed by atoms with van der Waals surface area (Å²) < 4.78 is 9.91. The molecule has 0 saturated carbocycles. The minimum absolute atomic E-state index is 0.335. The van der Waals surface area contributed by atoms with E-state index >= 15 is 0 Å². The number of aromatic nitrogens is 3. The Kier molecular flexibility index (Phi) is 5.17. The third-order valence-corrected chi connectivity index (χ3v) is 5.31. The van der Waals surface area contributed by atoms with E-state index < -0.39 is 0 Å². The summed E-state index contributed by atoms with van der Waals surface area (Å²) in [7, 11) is 3.44. The van der Waals surface area contributed by atoms with Gasteiger partial charge in [0.1, 0.15) is 0 Å². The minimum Gasteiger partial charge on any atom is -0.383 e. The molecule has 8 heteroatoms. The van der Waals surface area contributed by atoms with Gasteiger partial charge in [-0.15, -0.1) is 11.8 Å². The van der Waals surface area contributed by atoms with Crippen molar-refractivity contribution in [2.75, 3.05) is 20.0 Å². The first-order valence-electron chi connectivity index (χ1n) is 7.37. The number of fused-ring (bicyclic) bond motifs is 1. The molecule has 0 unspecified atom stereocenters. The van der Waals surface area contributed by atoms with Crippen LogP contribution in [0.3, 0.4) is 0 Å². The van der Waals surface area contributed by atoms with Crippen LogP contribution in [0.4, 0.5) is 0 Å². The summed E-state index contributed by atoms with van der Waals surface area (Å²) in [4.78, 5) is 18.5. The van der Waals surface area contributed by atoms with E-state index in [0.717, 1.165) is 10.2 Å². The van der Waals surface area contributed by atoms with Crippen LogP contribution in [0.25, 0.3) is 10.2 Å². The van der Waals surface area contributed by atoms with Gasteiger partial charge in [0.15, 0.2) is 10.5 Å². The third kappa shape index (κ3) is 3.45. The topological polar surface area (TPSA) is 61.4 Å². The fourth-order valence-electron chi connectivity index (χ4n) is 2.34. The van der Waals surface area contributed by atoms with E-state index in [1.54, 1.807) is 42.9 Å². The number of hydrogen-bond donors (Lipinski definition) is 0. The van der Waals surface area contributed by atoms with Crippen LogP contribution in [0.2, 0.25) is 0 Å². The van der Waals surface area contributed by atoms with E-state index in [9.17, 15) is 4.79 Å². The average Bonchev–Trinajstić information content (AvgIpc) is 3.15. The number of thiazole rings is 1. The summed E-state index contributed by atoms with van der Waals surface area (Å²) in [6.45, 7) is 1.20. The van der Waals surface area contributed by atoms with Crippen molar-refractivity contribution < 1.29 is 9.53 Å². The van der Waals surface area contributed by atoms with E-state index in [1.165, 1.54) is 16.2 Å². The Balaban J connectivity index is 2.10. The van der Waals surface area contributed by atoms with Crippen LogP contribution in [0.15, 0.2) is 40.4 Å². The normalized spacial score (nSPS) is 12.2. The second-order valence-corrected chi connectivity index (χ2v) is 7.04. The van der Waals surface area contributed by atoms with Gasteiger partial charge in [0.25, 0.3) is 5.91 Å². The number of hydrogen-bond acceptors (Lipinski definition) is 5. The molecule has 126 valence electrons. The maximum Gasteiger partial charge on any atom is 0.300 e. The molecule has 0 atom stereocenters. The molecule has 0 spiro atoms. The number of nitrogens with zero attached hydrogens (tertiary/aromatic N) is 4. The van der Waals surface area contributed by atoms with Crippen LogP contribution >= 0.6 is 23.1 Å². The molecule has 1 amide bonds. The number of thioether (sulfide) groups is 1. The van der Waals surface area contributed by atoms with Crippen molar-refractivity contribution in [3.8, 4) is 0 Å². The molecule has 0 aliphatic heterocycles. The van der Waals surface area contributed by atoms with Crippen LogP contribution in [0.5, 0.6) is 0 Å². The third-order valence-electron chi connectivity index (χ3n) is 3.54. The molecule has 3 aromatic rings. The average molecular weight is 362 g/mol. The molecule has 0 aliphatic carbocycles. The Morgan fingerprint density at radius 3 is 2.92 bits per heavy atom. The molecule has 24 heavy (non-hydrogen) atoms. The Morgan fingerprint density at radius 1 is 1.42 bits per heavy atom. The van der Waals surface area contributed by atoms with Crippen LogP contribution in [0, 0.1) is 0 Å². The zero-order valence-electron chi connectivity index (χ0n) is 13.7. The number of aryl methyl sites for hydroxylation is 1. The number of amides is 1. The van der Waals surface area contributed by atoms with Crippen molar-refractivity contribution in [2.24, 2.45) is 12.0 Å². The quantitative estimate of drug-likeness (QED) is 0.655. The summed E-state index contributed by atoms with van der Waals surface area (Å²) in [5, 5.41) is 4.12. The van der Waals surface area contributed by atoms with Gasteiger partial charge in [-0.25, -0.2) is 0 Å². The van der Waals surface area contributed by atoms with Crippen molar-refractivity contribution in [1.29, 1.82) is 0 Å². The Labute approximate surface area is 147 Å². The Bertz CT molecular complexity index is 939.